The first-order valence-corrected chi connectivity index (χ1v) is 7.41. The molecule has 4 nitrogen and oxygen atoms in total. The molecule has 4 heteroatoms. The van der Waals surface area contributed by atoms with Crippen LogP contribution in [0.5, 0.6) is 0 Å². The summed E-state index contributed by atoms with van der Waals surface area (Å²) in [5.74, 6) is 0. The Morgan fingerprint density at radius 2 is 1.61 bits per heavy atom. The number of carboxylic acid groups (broad SMARTS) is 1. The zero-order chi connectivity index (χ0) is 12.6. The Bertz CT molecular complexity index is 310. The smallest absolute Gasteiger partial charge is 0.407 e. The second kappa shape index (κ2) is 4.72. The molecule has 0 radical (unpaired) electrons. The fourth-order valence-electron chi connectivity index (χ4n) is 3.96. The number of carbonyl (C=O) groups is 1. The van der Waals surface area contributed by atoms with E-state index in [1.807, 2.05) is 0 Å². The molecule has 1 N–H and O–H groups in total. The summed E-state index contributed by atoms with van der Waals surface area (Å²) in [6.45, 7) is 4.13. The van der Waals surface area contributed by atoms with E-state index >= 15 is 0 Å². The standard InChI is InChI=1S/C14H24N2O2/c17-13(18)16-10-6-14(7-11-16)4-2-12(3-5-14)15-8-1-9-15/h12H,1-11H2,(H,17,18). The maximum Gasteiger partial charge on any atom is 0.407 e. The van der Waals surface area contributed by atoms with Crippen LogP contribution in [0.1, 0.15) is 44.9 Å². The van der Waals surface area contributed by atoms with E-state index in [2.05, 4.69) is 4.90 Å². The molecule has 3 aliphatic rings. The molecule has 0 aromatic rings. The van der Waals surface area contributed by atoms with E-state index < -0.39 is 6.09 Å². The molecule has 1 spiro atoms. The molecule has 2 saturated heterocycles. The van der Waals surface area contributed by atoms with Crippen LogP contribution in [0.3, 0.4) is 0 Å². The van der Waals surface area contributed by atoms with E-state index in [0.29, 0.717) is 5.41 Å². The Morgan fingerprint density at radius 1 is 1.00 bits per heavy atom. The lowest BCUT2D eigenvalue weighted by Crippen LogP contribution is -2.50. The van der Waals surface area contributed by atoms with Crippen LogP contribution in [0, 0.1) is 5.41 Å². The van der Waals surface area contributed by atoms with Gasteiger partial charge in [-0.15, -0.1) is 0 Å². The lowest BCUT2D eigenvalue weighted by atomic mass is 9.66. The van der Waals surface area contributed by atoms with E-state index in [1.54, 1.807) is 4.90 Å². The van der Waals surface area contributed by atoms with Crippen molar-refractivity contribution in [2.75, 3.05) is 26.2 Å². The molecule has 0 aromatic heterocycles. The molecule has 1 aliphatic carbocycles. The molecule has 3 rings (SSSR count). The van der Waals surface area contributed by atoms with Gasteiger partial charge in [0.15, 0.2) is 0 Å². The molecule has 2 heterocycles. The van der Waals surface area contributed by atoms with E-state index in [4.69, 9.17) is 5.11 Å². The highest BCUT2D eigenvalue weighted by molar-refractivity contribution is 5.65. The zero-order valence-corrected chi connectivity index (χ0v) is 11.1. The minimum atomic E-state index is -0.737. The number of piperidine rings is 1. The largest absolute Gasteiger partial charge is 0.465 e. The number of likely N-dealkylation sites (tertiary alicyclic amines) is 2. The highest BCUT2D eigenvalue weighted by Gasteiger charge is 2.40. The van der Waals surface area contributed by atoms with E-state index in [1.165, 1.54) is 45.2 Å². The van der Waals surface area contributed by atoms with Crippen LogP contribution in [0.25, 0.3) is 0 Å². The van der Waals surface area contributed by atoms with Crippen molar-refractivity contribution in [3.8, 4) is 0 Å². The molecule has 0 unspecified atom stereocenters. The van der Waals surface area contributed by atoms with Gasteiger partial charge in [0.1, 0.15) is 0 Å². The van der Waals surface area contributed by atoms with Gasteiger partial charge < -0.3 is 14.9 Å². The average Bonchev–Trinajstić information content (AvgIpc) is 2.31. The fraction of sp³-hybridized carbons (Fsp3) is 0.929. The molecule has 1 saturated carbocycles. The summed E-state index contributed by atoms with van der Waals surface area (Å²) < 4.78 is 0. The van der Waals surface area contributed by atoms with Gasteiger partial charge in [0, 0.05) is 19.1 Å². The Kier molecular flexibility index (Phi) is 3.22. The van der Waals surface area contributed by atoms with Gasteiger partial charge in [-0.1, -0.05) is 0 Å². The van der Waals surface area contributed by atoms with Gasteiger partial charge >= 0.3 is 6.09 Å². The predicted molar refractivity (Wildman–Crippen MR) is 69.7 cm³/mol. The Hall–Kier alpha value is -0.770. The summed E-state index contributed by atoms with van der Waals surface area (Å²) >= 11 is 0. The first-order chi connectivity index (χ1) is 8.69. The number of amides is 1. The molecule has 102 valence electrons. The van der Waals surface area contributed by atoms with Gasteiger partial charge in [-0.25, -0.2) is 4.79 Å². The van der Waals surface area contributed by atoms with Gasteiger partial charge in [0.2, 0.25) is 0 Å². The summed E-state index contributed by atoms with van der Waals surface area (Å²) in [6.07, 6.45) is 8.15. The highest BCUT2D eigenvalue weighted by atomic mass is 16.4. The summed E-state index contributed by atoms with van der Waals surface area (Å²) in [4.78, 5) is 15.2. The molecule has 0 bridgehead atoms. The Labute approximate surface area is 109 Å². The third-order valence-corrected chi connectivity index (χ3v) is 5.52. The van der Waals surface area contributed by atoms with Crippen molar-refractivity contribution in [2.24, 2.45) is 5.41 Å². The van der Waals surface area contributed by atoms with Crippen molar-refractivity contribution in [1.29, 1.82) is 0 Å². The van der Waals surface area contributed by atoms with Gasteiger partial charge in [0.25, 0.3) is 0 Å². The number of nitrogens with zero attached hydrogens (tertiary/aromatic N) is 2. The third-order valence-electron chi connectivity index (χ3n) is 5.52. The van der Waals surface area contributed by atoms with Crippen molar-refractivity contribution in [2.45, 2.75) is 51.0 Å². The molecule has 0 aromatic carbocycles. The first-order valence-electron chi connectivity index (χ1n) is 7.41. The van der Waals surface area contributed by atoms with Crippen LogP contribution >= 0.6 is 0 Å². The van der Waals surface area contributed by atoms with E-state index in [0.717, 1.165) is 32.0 Å². The molecule has 2 aliphatic heterocycles. The molecular weight excluding hydrogens is 228 g/mol. The van der Waals surface area contributed by atoms with E-state index in [-0.39, 0.29) is 0 Å². The first kappa shape index (κ1) is 12.3. The zero-order valence-electron chi connectivity index (χ0n) is 11.1. The maximum atomic E-state index is 10.9. The second-order valence-corrected chi connectivity index (χ2v) is 6.39. The molecule has 3 fully saturated rings. The minimum absolute atomic E-state index is 0.479. The van der Waals surface area contributed by atoms with Crippen LogP contribution in [0.15, 0.2) is 0 Å². The lowest BCUT2D eigenvalue weighted by Gasteiger charge is -2.49. The summed E-state index contributed by atoms with van der Waals surface area (Å²) in [5, 5.41) is 9.00. The summed E-state index contributed by atoms with van der Waals surface area (Å²) in [7, 11) is 0. The normalized spacial score (nSPS) is 29.2. The number of hydrogen-bond donors (Lipinski definition) is 1. The fourth-order valence-corrected chi connectivity index (χ4v) is 3.96. The second-order valence-electron chi connectivity index (χ2n) is 6.39. The molecule has 18 heavy (non-hydrogen) atoms. The minimum Gasteiger partial charge on any atom is -0.465 e. The van der Waals surface area contributed by atoms with Crippen molar-refractivity contribution in [1.82, 2.24) is 9.80 Å². The monoisotopic (exact) mass is 252 g/mol. The number of hydrogen-bond acceptors (Lipinski definition) is 2. The maximum absolute atomic E-state index is 10.9. The summed E-state index contributed by atoms with van der Waals surface area (Å²) in [6, 6.07) is 0.835. The predicted octanol–water partition coefficient (Wildman–Crippen LogP) is 2.39. The Morgan fingerprint density at radius 3 is 2.06 bits per heavy atom. The SMILES string of the molecule is O=C(O)N1CCC2(CCC(N3CCC3)CC2)CC1. The van der Waals surface area contributed by atoms with Crippen LogP contribution in [0.2, 0.25) is 0 Å². The van der Waals surface area contributed by atoms with Crippen molar-refractivity contribution in [3.63, 3.8) is 0 Å². The molecule has 0 atom stereocenters. The number of rotatable bonds is 1. The molecule has 1 amide bonds. The Balaban J connectivity index is 1.51. The van der Waals surface area contributed by atoms with Gasteiger partial charge in [-0.3, -0.25) is 0 Å². The average molecular weight is 252 g/mol. The van der Waals surface area contributed by atoms with Crippen LogP contribution in [-0.2, 0) is 0 Å². The third kappa shape index (κ3) is 2.22. The van der Waals surface area contributed by atoms with Crippen molar-refractivity contribution >= 4 is 6.09 Å². The van der Waals surface area contributed by atoms with E-state index in [9.17, 15) is 4.79 Å². The lowest BCUT2D eigenvalue weighted by molar-refractivity contribution is 0.0167. The summed E-state index contributed by atoms with van der Waals surface area (Å²) in [5.41, 5.74) is 0.479. The van der Waals surface area contributed by atoms with Crippen molar-refractivity contribution in [3.05, 3.63) is 0 Å². The van der Waals surface area contributed by atoms with Gasteiger partial charge in [-0.2, -0.15) is 0 Å². The topological polar surface area (TPSA) is 43.8 Å². The van der Waals surface area contributed by atoms with Crippen molar-refractivity contribution < 1.29 is 9.90 Å². The van der Waals surface area contributed by atoms with Gasteiger partial charge in [0.05, 0.1) is 0 Å². The van der Waals surface area contributed by atoms with Crippen LogP contribution in [0.4, 0.5) is 4.79 Å². The molecular formula is C14H24N2O2. The van der Waals surface area contributed by atoms with Crippen LogP contribution < -0.4 is 0 Å². The quantitative estimate of drug-likeness (QED) is 0.779. The van der Waals surface area contributed by atoms with Gasteiger partial charge in [-0.05, 0) is 63.5 Å². The van der Waals surface area contributed by atoms with Crippen LogP contribution in [-0.4, -0.2) is 53.2 Å². The highest BCUT2D eigenvalue weighted by Crippen LogP contribution is 2.45.